The first-order chi connectivity index (χ1) is 10.1. The first kappa shape index (κ1) is 14.9. The lowest BCUT2D eigenvalue weighted by Gasteiger charge is -2.09. The molecule has 2 aromatic rings. The van der Waals surface area contributed by atoms with Crippen molar-refractivity contribution >= 4 is 17.4 Å². The van der Waals surface area contributed by atoms with Crippen LogP contribution in [0.25, 0.3) is 0 Å². The van der Waals surface area contributed by atoms with Crippen molar-refractivity contribution in [2.75, 3.05) is 7.11 Å². The minimum Gasteiger partial charge on any atom is -0.486 e. The molecule has 0 saturated heterocycles. The molecule has 0 saturated carbocycles. The van der Waals surface area contributed by atoms with Gasteiger partial charge in [0.1, 0.15) is 12.4 Å². The zero-order chi connectivity index (χ0) is 15.2. The predicted octanol–water partition coefficient (Wildman–Crippen LogP) is 2.42. The number of methoxy groups -OCH3 is 1. The van der Waals surface area contributed by atoms with Gasteiger partial charge in [-0.3, -0.25) is 0 Å². The second-order valence-corrected chi connectivity index (χ2v) is 4.50. The molecule has 1 aromatic carbocycles. The summed E-state index contributed by atoms with van der Waals surface area (Å²) in [4.78, 5) is 4.23. The molecule has 3 N–H and O–H groups in total. The Hall–Kier alpha value is -2.47. The van der Waals surface area contributed by atoms with Gasteiger partial charge in [0.15, 0.2) is 5.84 Å². The van der Waals surface area contributed by atoms with Crippen LogP contribution in [0.4, 0.5) is 0 Å². The summed E-state index contributed by atoms with van der Waals surface area (Å²) in [5, 5.41) is 11.9. The van der Waals surface area contributed by atoms with Gasteiger partial charge in [0.2, 0.25) is 5.88 Å². The zero-order valence-corrected chi connectivity index (χ0v) is 12.0. The van der Waals surface area contributed by atoms with E-state index in [0.29, 0.717) is 27.9 Å². The molecule has 0 atom stereocenters. The van der Waals surface area contributed by atoms with Crippen LogP contribution >= 0.6 is 11.6 Å². The van der Waals surface area contributed by atoms with Gasteiger partial charge in [-0.2, -0.15) is 0 Å². The highest BCUT2D eigenvalue weighted by atomic mass is 35.5. The fourth-order valence-corrected chi connectivity index (χ4v) is 1.87. The number of hydrogen-bond acceptors (Lipinski definition) is 5. The Morgan fingerprint density at radius 1 is 1.38 bits per heavy atom. The van der Waals surface area contributed by atoms with Crippen LogP contribution in [-0.4, -0.2) is 23.1 Å². The topological polar surface area (TPSA) is 90.0 Å². The Balaban J connectivity index is 2.09. The molecule has 0 fully saturated rings. The molecule has 0 aliphatic heterocycles. The van der Waals surface area contributed by atoms with E-state index in [4.69, 9.17) is 32.0 Å². The maximum Gasteiger partial charge on any atom is 0.213 e. The van der Waals surface area contributed by atoms with Crippen molar-refractivity contribution in [1.82, 2.24) is 4.98 Å². The summed E-state index contributed by atoms with van der Waals surface area (Å²) in [6.45, 7) is 0.250. The summed E-state index contributed by atoms with van der Waals surface area (Å²) in [7, 11) is 1.55. The average Bonchev–Trinajstić information content (AvgIpc) is 2.53. The third-order valence-corrected chi connectivity index (χ3v) is 3.00. The minimum absolute atomic E-state index is 0.0158. The van der Waals surface area contributed by atoms with Gasteiger partial charge in [-0.1, -0.05) is 22.8 Å². The number of aromatic nitrogens is 1. The number of nitrogens with two attached hydrogens (primary N) is 1. The average molecular weight is 308 g/mol. The molecule has 0 aliphatic carbocycles. The highest BCUT2D eigenvalue weighted by molar-refractivity contribution is 6.32. The molecule has 0 spiro atoms. The van der Waals surface area contributed by atoms with E-state index in [1.54, 1.807) is 31.4 Å². The Morgan fingerprint density at radius 3 is 2.86 bits per heavy atom. The Bertz CT molecular complexity index is 662. The molecular weight excluding hydrogens is 294 g/mol. The standard InChI is InChI=1S/C14H14ClN3O3/c1-20-13-4-2-3-10(17-13)8-21-12-6-5-9(7-11(12)15)14(16)18-19/h2-7,19H,8H2,1H3,(H2,16,18). The van der Waals surface area contributed by atoms with Crippen LogP contribution in [0.2, 0.25) is 5.02 Å². The summed E-state index contributed by atoms with van der Waals surface area (Å²) >= 11 is 6.09. The van der Waals surface area contributed by atoms with Crippen molar-refractivity contribution in [3.05, 3.63) is 52.7 Å². The zero-order valence-electron chi connectivity index (χ0n) is 11.3. The number of nitrogens with zero attached hydrogens (tertiary/aromatic N) is 2. The van der Waals surface area contributed by atoms with E-state index in [1.807, 2.05) is 12.1 Å². The van der Waals surface area contributed by atoms with Crippen molar-refractivity contribution < 1.29 is 14.7 Å². The third kappa shape index (κ3) is 3.76. The minimum atomic E-state index is -0.0158. The summed E-state index contributed by atoms with van der Waals surface area (Å²) in [5.41, 5.74) is 6.71. The highest BCUT2D eigenvalue weighted by Gasteiger charge is 2.07. The van der Waals surface area contributed by atoms with E-state index >= 15 is 0 Å². The molecule has 0 amide bonds. The fourth-order valence-electron chi connectivity index (χ4n) is 1.64. The predicted molar refractivity (Wildman–Crippen MR) is 79.1 cm³/mol. The van der Waals surface area contributed by atoms with Gasteiger partial charge < -0.3 is 20.4 Å². The Labute approximate surface area is 126 Å². The van der Waals surface area contributed by atoms with E-state index in [-0.39, 0.29) is 12.4 Å². The molecule has 110 valence electrons. The van der Waals surface area contributed by atoms with Crippen LogP contribution in [0.3, 0.4) is 0 Å². The van der Waals surface area contributed by atoms with Crippen molar-refractivity contribution in [1.29, 1.82) is 0 Å². The number of halogens is 1. The normalized spacial score (nSPS) is 11.2. The summed E-state index contributed by atoms with van der Waals surface area (Å²) in [6.07, 6.45) is 0. The van der Waals surface area contributed by atoms with Crippen LogP contribution in [0, 0.1) is 0 Å². The number of ether oxygens (including phenoxy) is 2. The number of amidine groups is 1. The van der Waals surface area contributed by atoms with E-state index in [1.165, 1.54) is 0 Å². The summed E-state index contributed by atoms with van der Waals surface area (Å²) in [6, 6.07) is 10.3. The second kappa shape index (κ2) is 6.81. The first-order valence-corrected chi connectivity index (χ1v) is 6.42. The SMILES string of the molecule is COc1cccc(COc2ccc(C(N)=NO)cc2Cl)n1. The van der Waals surface area contributed by atoms with E-state index in [0.717, 1.165) is 0 Å². The van der Waals surface area contributed by atoms with Gasteiger partial charge in [-0.05, 0) is 24.3 Å². The molecule has 2 rings (SSSR count). The molecule has 1 heterocycles. The fraction of sp³-hybridized carbons (Fsp3) is 0.143. The number of pyridine rings is 1. The molecule has 0 aliphatic rings. The summed E-state index contributed by atoms with van der Waals surface area (Å²) in [5.74, 6) is 0.984. The molecular formula is C14H14ClN3O3. The number of benzene rings is 1. The van der Waals surface area contributed by atoms with E-state index in [9.17, 15) is 0 Å². The van der Waals surface area contributed by atoms with Gasteiger partial charge in [0.25, 0.3) is 0 Å². The van der Waals surface area contributed by atoms with Gasteiger partial charge in [-0.15, -0.1) is 0 Å². The molecule has 21 heavy (non-hydrogen) atoms. The lowest BCUT2D eigenvalue weighted by atomic mass is 10.2. The van der Waals surface area contributed by atoms with E-state index in [2.05, 4.69) is 10.1 Å². The monoisotopic (exact) mass is 307 g/mol. The lowest BCUT2D eigenvalue weighted by molar-refractivity contribution is 0.298. The Kier molecular flexibility index (Phi) is 4.84. The van der Waals surface area contributed by atoms with Crippen molar-refractivity contribution in [3.63, 3.8) is 0 Å². The van der Waals surface area contributed by atoms with Crippen LogP contribution in [-0.2, 0) is 6.61 Å². The van der Waals surface area contributed by atoms with Gasteiger partial charge in [0.05, 0.1) is 17.8 Å². The largest absolute Gasteiger partial charge is 0.486 e. The molecule has 1 aromatic heterocycles. The number of hydrogen-bond donors (Lipinski definition) is 2. The van der Waals surface area contributed by atoms with Crippen LogP contribution in [0.15, 0.2) is 41.6 Å². The maximum atomic E-state index is 8.62. The highest BCUT2D eigenvalue weighted by Crippen LogP contribution is 2.26. The first-order valence-electron chi connectivity index (χ1n) is 6.04. The third-order valence-electron chi connectivity index (χ3n) is 2.70. The van der Waals surface area contributed by atoms with Crippen LogP contribution in [0.1, 0.15) is 11.3 Å². The quantitative estimate of drug-likeness (QED) is 0.383. The number of rotatable bonds is 5. The van der Waals surface area contributed by atoms with Gasteiger partial charge in [-0.25, -0.2) is 4.98 Å². The van der Waals surface area contributed by atoms with Crippen molar-refractivity contribution in [3.8, 4) is 11.6 Å². The van der Waals surface area contributed by atoms with Crippen LogP contribution < -0.4 is 15.2 Å². The number of oxime groups is 1. The summed E-state index contributed by atoms with van der Waals surface area (Å²) < 4.78 is 10.6. The Morgan fingerprint density at radius 2 is 2.19 bits per heavy atom. The smallest absolute Gasteiger partial charge is 0.213 e. The van der Waals surface area contributed by atoms with Gasteiger partial charge in [0, 0.05) is 11.6 Å². The van der Waals surface area contributed by atoms with E-state index < -0.39 is 0 Å². The van der Waals surface area contributed by atoms with Crippen molar-refractivity contribution in [2.24, 2.45) is 10.9 Å². The van der Waals surface area contributed by atoms with Gasteiger partial charge >= 0.3 is 0 Å². The lowest BCUT2D eigenvalue weighted by Crippen LogP contribution is -2.12. The molecule has 0 unspecified atom stereocenters. The second-order valence-electron chi connectivity index (χ2n) is 4.09. The molecule has 7 heteroatoms. The molecule has 0 bridgehead atoms. The van der Waals surface area contributed by atoms with Crippen LogP contribution in [0.5, 0.6) is 11.6 Å². The molecule has 0 radical (unpaired) electrons. The maximum absolute atomic E-state index is 8.62. The molecule has 6 nitrogen and oxygen atoms in total. The van der Waals surface area contributed by atoms with Crippen molar-refractivity contribution in [2.45, 2.75) is 6.61 Å².